The molecular formula is C21H18BrN3O5. The van der Waals surface area contributed by atoms with Gasteiger partial charge in [0, 0.05) is 10.2 Å². The van der Waals surface area contributed by atoms with E-state index in [1.54, 1.807) is 25.1 Å². The number of rotatable bonds is 6. The van der Waals surface area contributed by atoms with Gasteiger partial charge >= 0.3 is 12.0 Å². The molecule has 2 aromatic rings. The molecule has 0 aliphatic carbocycles. The zero-order valence-electron chi connectivity index (χ0n) is 16.0. The third-order valence-electron chi connectivity index (χ3n) is 4.12. The minimum Gasteiger partial charge on any atom is -0.462 e. The maximum atomic E-state index is 12.5. The van der Waals surface area contributed by atoms with Gasteiger partial charge in [0.1, 0.15) is 12.2 Å². The van der Waals surface area contributed by atoms with Gasteiger partial charge in [0.15, 0.2) is 0 Å². The zero-order chi connectivity index (χ0) is 21.7. The summed E-state index contributed by atoms with van der Waals surface area (Å²) in [6.45, 7) is 1.53. The lowest BCUT2D eigenvalue weighted by Crippen LogP contribution is -2.38. The highest BCUT2D eigenvalue weighted by atomic mass is 79.9. The van der Waals surface area contributed by atoms with E-state index in [1.165, 1.54) is 24.3 Å². The Morgan fingerprint density at radius 3 is 2.40 bits per heavy atom. The van der Waals surface area contributed by atoms with Crippen LogP contribution in [-0.4, -0.2) is 41.9 Å². The van der Waals surface area contributed by atoms with Gasteiger partial charge in [-0.25, -0.2) is 14.5 Å². The lowest BCUT2D eigenvalue weighted by Gasteiger charge is -2.12. The number of imide groups is 1. The molecule has 4 amide bonds. The normalized spacial score (nSPS) is 14.6. The predicted octanol–water partition coefficient (Wildman–Crippen LogP) is 3.16. The van der Waals surface area contributed by atoms with Crippen molar-refractivity contribution in [1.82, 2.24) is 10.2 Å². The molecule has 154 valence electrons. The maximum absolute atomic E-state index is 12.5. The van der Waals surface area contributed by atoms with Gasteiger partial charge in [0.25, 0.3) is 5.91 Å². The summed E-state index contributed by atoms with van der Waals surface area (Å²) in [4.78, 5) is 49.4. The molecule has 2 aromatic carbocycles. The largest absolute Gasteiger partial charge is 0.462 e. The molecule has 8 nitrogen and oxygen atoms in total. The summed E-state index contributed by atoms with van der Waals surface area (Å²) in [7, 11) is 0. The van der Waals surface area contributed by atoms with E-state index >= 15 is 0 Å². The number of amides is 4. The van der Waals surface area contributed by atoms with Crippen molar-refractivity contribution in [3.05, 3.63) is 69.8 Å². The van der Waals surface area contributed by atoms with Crippen LogP contribution in [0, 0.1) is 0 Å². The van der Waals surface area contributed by atoms with Gasteiger partial charge < -0.3 is 15.4 Å². The van der Waals surface area contributed by atoms with E-state index in [2.05, 4.69) is 26.6 Å². The summed E-state index contributed by atoms with van der Waals surface area (Å²) in [6, 6.07) is 12.6. The Bertz CT molecular complexity index is 1020. The first-order valence-corrected chi connectivity index (χ1v) is 9.84. The first-order chi connectivity index (χ1) is 14.4. The quantitative estimate of drug-likeness (QED) is 0.382. The highest BCUT2D eigenvalue weighted by Crippen LogP contribution is 2.17. The molecule has 0 bridgehead atoms. The third-order valence-corrected chi connectivity index (χ3v) is 4.65. The molecule has 0 saturated carbocycles. The van der Waals surface area contributed by atoms with E-state index in [0.29, 0.717) is 11.3 Å². The second kappa shape index (κ2) is 9.36. The lowest BCUT2D eigenvalue weighted by atomic mass is 10.2. The Labute approximate surface area is 181 Å². The number of benzene rings is 2. The number of ether oxygens (including phenoxy) is 1. The summed E-state index contributed by atoms with van der Waals surface area (Å²) in [5.41, 5.74) is 1.60. The average molecular weight is 472 g/mol. The molecule has 30 heavy (non-hydrogen) atoms. The molecule has 0 radical (unpaired) electrons. The van der Waals surface area contributed by atoms with Crippen LogP contribution in [0.25, 0.3) is 6.08 Å². The summed E-state index contributed by atoms with van der Waals surface area (Å²) in [5.74, 6) is -1.59. The first kappa shape index (κ1) is 21.3. The van der Waals surface area contributed by atoms with Gasteiger partial charge in [0.2, 0.25) is 5.91 Å². The van der Waals surface area contributed by atoms with Crippen molar-refractivity contribution in [1.29, 1.82) is 0 Å². The van der Waals surface area contributed by atoms with Gasteiger partial charge in [-0.1, -0.05) is 28.1 Å². The van der Waals surface area contributed by atoms with Crippen molar-refractivity contribution in [2.24, 2.45) is 0 Å². The fraction of sp³-hybridized carbons (Fsp3) is 0.143. The molecule has 1 aliphatic rings. The minimum absolute atomic E-state index is 0.0916. The van der Waals surface area contributed by atoms with Crippen molar-refractivity contribution in [2.45, 2.75) is 6.92 Å². The van der Waals surface area contributed by atoms with Crippen molar-refractivity contribution >= 4 is 51.5 Å². The monoisotopic (exact) mass is 471 g/mol. The SMILES string of the molecule is CCOC(=O)c1ccc(NC(=O)CN2C(=O)N/C(=C\c3ccc(Br)cc3)C2=O)cc1. The summed E-state index contributed by atoms with van der Waals surface area (Å²) in [6.07, 6.45) is 1.54. The molecule has 0 atom stereocenters. The second-order valence-corrected chi connectivity index (χ2v) is 7.19. The van der Waals surface area contributed by atoms with Crippen LogP contribution in [0.1, 0.15) is 22.8 Å². The Kier molecular flexibility index (Phi) is 6.63. The zero-order valence-corrected chi connectivity index (χ0v) is 17.6. The molecular weight excluding hydrogens is 454 g/mol. The predicted molar refractivity (Wildman–Crippen MR) is 113 cm³/mol. The Morgan fingerprint density at radius 1 is 1.10 bits per heavy atom. The fourth-order valence-electron chi connectivity index (χ4n) is 2.69. The van der Waals surface area contributed by atoms with Crippen molar-refractivity contribution < 1.29 is 23.9 Å². The van der Waals surface area contributed by atoms with Gasteiger partial charge in [-0.15, -0.1) is 0 Å². The van der Waals surface area contributed by atoms with Crippen LogP contribution in [-0.2, 0) is 14.3 Å². The highest BCUT2D eigenvalue weighted by molar-refractivity contribution is 9.10. The van der Waals surface area contributed by atoms with E-state index in [1.807, 2.05) is 12.1 Å². The molecule has 0 unspecified atom stereocenters. The van der Waals surface area contributed by atoms with E-state index < -0.39 is 30.4 Å². The number of anilines is 1. The van der Waals surface area contributed by atoms with Crippen molar-refractivity contribution in [2.75, 3.05) is 18.5 Å². The number of nitrogens with zero attached hydrogens (tertiary/aromatic N) is 1. The van der Waals surface area contributed by atoms with Crippen molar-refractivity contribution in [3.63, 3.8) is 0 Å². The van der Waals surface area contributed by atoms with Crippen LogP contribution in [0.3, 0.4) is 0 Å². The van der Waals surface area contributed by atoms with Gasteiger partial charge in [-0.05, 0) is 55.0 Å². The summed E-state index contributed by atoms with van der Waals surface area (Å²) >= 11 is 3.33. The smallest absolute Gasteiger partial charge is 0.338 e. The molecule has 2 N–H and O–H groups in total. The van der Waals surface area contributed by atoms with Crippen molar-refractivity contribution in [3.8, 4) is 0 Å². The standard InChI is InChI=1S/C21H18BrN3O5/c1-2-30-20(28)14-5-9-16(10-6-14)23-18(26)12-25-19(27)17(24-21(25)29)11-13-3-7-15(22)8-4-13/h3-11H,2,12H2,1H3,(H,23,26)(H,24,29)/b17-11-. The number of carbonyl (C=O) groups excluding carboxylic acids is 4. The van der Waals surface area contributed by atoms with Crippen LogP contribution in [0.2, 0.25) is 0 Å². The van der Waals surface area contributed by atoms with E-state index in [4.69, 9.17) is 4.74 Å². The molecule has 1 aliphatic heterocycles. The lowest BCUT2D eigenvalue weighted by molar-refractivity contribution is -0.127. The molecule has 3 rings (SSSR count). The average Bonchev–Trinajstić information content (AvgIpc) is 2.98. The van der Waals surface area contributed by atoms with Gasteiger partial charge in [-0.2, -0.15) is 0 Å². The first-order valence-electron chi connectivity index (χ1n) is 9.04. The number of nitrogens with one attached hydrogen (secondary N) is 2. The summed E-state index contributed by atoms with van der Waals surface area (Å²) in [5, 5.41) is 5.06. The van der Waals surface area contributed by atoms with E-state index in [-0.39, 0.29) is 12.3 Å². The maximum Gasteiger partial charge on any atom is 0.338 e. The second-order valence-electron chi connectivity index (χ2n) is 6.28. The molecule has 9 heteroatoms. The Balaban J connectivity index is 1.62. The number of halogens is 1. The van der Waals surface area contributed by atoms with Gasteiger partial charge in [0.05, 0.1) is 12.2 Å². The van der Waals surface area contributed by atoms with E-state index in [9.17, 15) is 19.2 Å². The highest BCUT2D eigenvalue weighted by Gasteiger charge is 2.34. The topological polar surface area (TPSA) is 105 Å². The summed E-state index contributed by atoms with van der Waals surface area (Å²) < 4.78 is 5.79. The third kappa shape index (κ3) is 5.12. The number of carbonyl (C=O) groups is 4. The number of hydrogen-bond donors (Lipinski definition) is 2. The van der Waals surface area contributed by atoms with E-state index in [0.717, 1.165) is 14.9 Å². The minimum atomic E-state index is -0.670. The molecule has 1 fully saturated rings. The van der Waals surface area contributed by atoms with Crippen LogP contribution in [0.4, 0.5) is 10.5 Å². The van der Waals surface area contributed by atoms with Crippen LogP contribution < -0.4 is 10.6 Å². The Hall–Kier alpha value is -3.46. The molecule has 0 spiro atoms. The number of hydrogen-bond acceptors (Lipinski definition) is 5. The molecule has 0 aromatic heterocycles. The van der Waals surface area contributed by atoms with Crippen LogP contribution >= 0.6 is 15.9 Å². The van der Waals surface area contributed by atoms with Crippen LogP contribution in [0.15, 0.2) is 58.7 Å². The van der Waals surface area contributed by atoms with Crippen LogP contribution in [0.5, 0.6) is 0 Å². The number of esters is 1. The van der Waals surface area contributed by atoms with Gasteiger partial charge in [-0.3, -0.25) is 9.59 Å². The molecule has 1 heterocycles. The fourth-order valence-corrected chi connectivity index (χ4v) is 2.95. The molecule has 1 saturated heterocycles. The Morgan fingerprint density at radius 2 is 1.77 bits per heavy atom. The number of urea groups is 1.